The van der Waals surface area contributed by atoms with E-state index >= 15 is 0 Å². The fraction of sp³-hybridized carbons (Fsp3) is 1.00. The molecule has 1 saturated carbocycles. The van der Waals surface area contributed by atoms with Crippen LogP contribution in [0.4, 0.5) is 4.39 Å². The standard InChI is InChI=1S/C12H22FNO/c13-7-3-8-14-9-6-12(15)5-2-1-4-11(12)10-14/h11,15H,1-10H2. The predicted octanol–water partition coefficient (Wildman–Crippen LogP) is 1.97. The first-order valence-corrected chi connectivity index (χ1v) is 6.25. The second-order valence-corrected chi connectivity index (χ2v) is 5.14. The summed E-state index contributed by atoms with van der Waals surface area (Å²) in [6.45, 7) is 2.58. The van der Waals surface area contributed by atoms with Gasteiger partial charge in [0.1, 0.15) is 0 Å². The average molecular weight is 215 g/mol. The Morgan fingerprint density at radius 3 is 3.00 bits per heavy atom. The molecule has 0 radical (unpaired) electrons. The summed E-state index contributed by atoms with van der Waals surface area (Å²) in [7, 11) is 0. The van der Waals surface area contributed by atoms with Gasteiger partial charge in [-0.2, -0.15) is 0 Å². The molecule has 1 aliphatic carbocycles. The third kappa shape index (κ3) is 2.51. The van der Waals surface area contributed by atoms with E-state index in [9.17, 15) is 9.50 Å². The lowest BCUT2D eigenvalue weighted by atomic mass is 9.71. The van der Waals surface area contributed by atoms with Crippen LogP contribution in [0.15, 0.2) is 0 Å². The zero-order valence-electron chi connectivity index (χ0n) is 9.42. The molecule has 0 spiro atoms. The molecule has 1 heterocycles. The summed E-state index contributed by atoms with van der Waals surface area (Å²) in [4.78, 5) is 2.32. The number of fused-ring (bicyclic) bond motifs is 1. The van der Waals surface area contributed by atoms with Gasteiger partial charge in [0.2, 0.25) is 0 Å². The van der Waals surface area contributed by atoms with Gasteiger partial charge in [-0.3, -0.25) is 4.39 Å². The van der Waals surface area contributed by atoms with Crippen LogP contribution in [0, 0.1) is 5.92 Å². The molecule has 0 aromatic rings. The first kappa shape index (κ1) is 11.3. The minimum atomic E-state index is -0.384. The van der Waals surface area contributed by atoms with Crippen LogP contribution >= 0.6 is 0 Å². The van der Waals surface area contributed by atoms with Gasteiger partial charge in [-0.15, -0.1) is 0 Å². The molecule has 0 aromatic heterocycles. The number of hydrogen-bond acceptors (Lipinski definition) is 2. The predicted molar refractivity (Wildman–Crippen MR) is 58.6 cm³/mol. The topological polar surface area (TPSA) is 23.5 Å². The van der Waals surface area contributed by atoms with E-state index in [0.717, 1.165) is 38.9 Å². The highest BCUT2D eigenvalue weighted by Crippen LogP contribution is 2.39. The molecule has 1 saturated heterocycles. The smallest absolute Gasteiger partial charge is 0.0906 e. The summed E-state index contributed by atoms with van der Waals surface area (Å²) >= 11 is 0. The van der Waals surface area contributed by atoms with Crippen LogP contribution in [0.1, 0.15) is 38.5 Å². The number of rotatable bonds is 3. The molecule has 0 amide bonds. The minimum absolute atomic E-state index is 0.217. The SMILES string of the molecule is OC12CCCCC1CN(CCCF)CC2. The van der Waals surface area contributed by atoms with Crippen molar-refractivity contribution < 1.29 is 9.50 Å². The number of aliphatic hydroxyl groups is 1. The van der Waals surface area contributed by atoms with Crippen molar-refractivity contribution in [2.45, 2.75) is 44.1 Å². The molecule has 0 aromatic carbocycles. The van der Waals surface area contributed by atoms with Crippen molar-refractivity contribution in [3.63, 3.8) is 0 Å². The molecule has 0 bridgehead atoms. The summed E-state index contributed by atoms with van der Waals surface area (Å²) in [6, 6.07) is 0. The van der Waals surface area contributed by atoms with Crippen LogP contribution in [0.5, 0.6) is 0 Å². The molecule has 3 heteroatoms. The van der Waals surface area contributed by atoms with Gasteiger partial charge < -0.3 is 10.0 Å². The largest absolute Gasteiger partial charge is 0.390 e. The lowest BCUT2D eigenvalue weighted by molar-refractivity contribution is -0.0954. The van der Waals surface area contributed by atoms with Gasteiger partial charge in [0, 0.05) is 25.6 Å². The fourth-order valence-electron chi connectivity index (χ4n) is 3.13. The van der Waals surface area contributed by atoms with Crippen molar-refractivity contribution in [1.82, 2.24) is 4.90 Å². The first-order chi connectivity index (χ1) is 7.24. The van der Waals surface area contributed by atoms with Crippen molar-refractivity contribution in [1.29, 1.82) is 0 Å². The maximum atomic E-state index is 12.1. The molecule has 2 aliphatic rings. The molecule has 2 nitrogen and oxygen atoms in total. The van der Waals surface area contributed by atoms with Crippen LogP contribution in [0.2, 0.25) is 0 Å². The lowest BCUT2D eigenvalue weighted by Gasteiger charge is -2.47. The van der Waals surface area contributed by atoms with Crippen molar-refractivity contribution in [2.24, 2.45) is 5.92 Å². The van der Waals surface area contributed by atoms with E-state index in [2.05, 4.69) is 4.90 Å². The van der Waals surface area contributed by atoms with Crippen LogP contribution in [-0.2, 0) is 0 Å². The number of hydrogen-bond donors (Lipinski definition) is 1. The molecular formula is C12H22FNO. The van der Waals surface area contributed by atoms with Crippen molar-refractivity contribution in [3.8, 4) is 0 Å². The molecule has 1 aliphatic heterocycles. The highest BCUT2D eigenvalue weighted by molar-refractivity contribution is 4.95. The van der Waals surface area contributed by atoms with Gasteiger partial charge in [0.15, 0.2) is 0 Å². The second kappa shape index (κ2) is 4.79. The summed E-state index contributed by atoms with van der Waals surface area (Å²) < 4.78 is 12.1. The fourth-order valence-corrected chi connectivity index (χ4v) is 3.13. The second-order valence-electron chi connectivity index (χ2n) is 5.14. The van der Waals surface area contributed by atoms with E-state index in [1.807, 2.05) is 0 Å². The average Bonchev–Trinajstić information content (AvgIpc) is 2.26. The number of alkyl halides is 1. The van der Waals surface area contributed by atoms with Crippen molar-refractivity contribution in [3.05, 3.63) is 0 Å². The lowest BCUT2D eigenvalue weighted by Crippen LogP contribution is -2.53. The molecule has 88 valence electrons. The Morgan fingerprint density at radius 1 is 1.33 bits per heavy atom. The number of halogens is 1. The molecule has 1 N–H and O–H groups in total. The summed E-state index contributed by atoms with van der Waals surface area (Å²) in [5.41, 5.74) is -0.384. The number of piperidine rings is 1. The first-order valence-electron chi connectivity index (χ1n) is 6.25. The van der Waals surface area contributed by atoms with Gasteiger partial charge in [-0.05, 0) is 25.7 Å². The van der Waals surface area contributed by atoms with E-state index < -0.39 is 0 Å². The maximum absolute atomic E-state index is 12.1. The normalized spacial score (nSPS) is 37.6. The highest BCUT2D eigenvalue weighted by atomic mass is 19.1. The Balaban J connectivity index is 1.87. The van der Waals surface area contributed by atoms with Gasteiger partial charge in [-0.25, -0.2) is 0 Å². The molecular weight excluding hydrogens is 193 g/mol. The molecule has 15 heavy (non-hydrogen) atoms. The Labute approximate surface area is 91.5 Å². The molecule has 2 unspecified atom stereocenters. The van der Waals surface area contributed by atoms with E-state index in [1.54, 1.807) is 0 Å². The quantitative estimate of drug-likeness (QED) is 0.778. The van der Waals surface area contributed by atoms with E-state index in [4.69, 9.17) is 0 Å². The Kier molecular flexibility index (Phi) is 3.62. The molecule has 2 fully saturated rings. The summed E-state index contributed by atoms with van der Waals surface area (Å²) in [6.07, 6.45) is 6.10. The van der Waals surface area contributed by atoms with Gasteiger partial charge in [-0.1, -0.05) is 12.8 Å². The van der Waals surface area contributed by atoms with Gasteiger partial charge >= 0.3 is 0 Å². The van der Waals surface area contributed by atoms with Gasteiger partial charge in [0.05, 0.1) is 12.3 Å². The van der Waals surface area contributed by atoms with E-state index in [-0.39, 0.29) is 12.3 Å². The van der Waals surface area contributed by atoms with Crippen molar-refractivity contribution in [2.75, 3.05) is 26.3 Å². The molecule has 2 atom stereocenters. The van der Waals surface area contributed by atoms with Crippen LogP contribution in [0.25, 0.3) is 0 Å². The van der Waals surface area contributed by atoms with Crippen molar-refractivity contribution >= 4 is 0 Å². The summed E-state index contributed by atoms with van der Waals surface area (Å²) in [5, 5.41) is 10.4. The van der Waals surface area contributed by atoms with Crippen LogP contribution < -0.4 is 0 Å². The third-order valence-electron chi connectivity index (χ3n) is 4.12. The van der Waals surface area contributed by atoms with Gasteiger partial charge in [0.25, 0.3) is 0 Å². The zero-order valence-corrected chi connectivity index (χ0v) is 9.42. The highest BCUT2D eigenvalue weighted by Gasteiger charge is 2.42. The number of nitrogens with zero attached hydrogens (tertiary/aromatic N) is 1. The third-order valence-corrected chi connectivity index (χ3v) is 4.12. The molecule has 2 rings (SSSR count). The number of likely N-dealkylation sites (tertiary alicyclic amines) is 1. The van der Waals surface area contributed by atoms with E-state index in [0.29, 0.717) is 12.3 Å². The zero-order chi connectivity index (χ0) is 10.7. The van der Waals surface area contributed by atoms with E-state index in [1.165, 1.54) is 12.8 Å². The Hall–Kier alpha value is -0.150. The van der Waals surface area contributed by atoms with Crippen LogP contribution in [0.3, 0.4) is 0 Å². The summed E-state index contributed by atoms with van der Waals surface area (Å²) in [5.74, 6) is 0.444. The maximum Gasteiger partial charge on any atom is 0.0906 e. The monoisotopic (exact) mass is 215 g/mol. The van der Waals surface area contributed by atoms with Crippen LogP contribution in [-0.4, -0.2) is 41.9 Å². The Morgan fingerprint density at radius 2 is 2.20 bits per heavy atom. The minimum Gasteiger partial charge on any atom is -0.390 e. The Bertz CT molecular complexity index is 212.